The fourth-order valence-corrected chi connectivity index (χ4v) is 1.89. The molecule has 2 aliphatic heterocycles. The van der Waals surface area contributed by atoms with Crippen LogP contribution in [0.5, 0.6) is 0 Å². The Balaban J connectivity index is 1.60. The standard InChI is InChI=1S/C14H13ClO6/c15-12-3-8(13(16)20-6-9-4-18-9)1-2-11(12)14(17)21-7-10-5-19-10/h1-3,9-10H,4-7H2. The number of carbonyl (C=O) groups is 2. The Hall–Kier alpha value is -1.63. The summed E-state index contributed by atoms with van der Waals surface area (Å²) in [5, 5.41) is 0.147. The summed E-state index contributed by atoms with van der Waals surface area (Å²) in [6, 6.07) is 4.32. The first-order chi connectivity index (χ1) is 10.1. The smallest absolute Gasteiger partial charge is 0.339 e. The lowest BCUT2D eigenvalue weighted by Gasteiger charge is -2.07. The number of hydrogen-bond acceptors (Lipinski definition) is 6. The molecule has 0 amide bonds. The largest absolute Gasteiger partial charge is 0.459 e. The minimum absolute atomic E-state index is 0.00307. The van der Waals surface area contributed by atoms with Gasteiger partial charge in [0.1, 0.15) is 25.4 Å². The van der Waals surface area contributed by atoms with E-state index in [0.717, 1.165) is 0 Å². The van der Waals surface area contributed by atoms with Gasteiger partial charge in [-0.2, -0.15) is 0 Å². The maximum absolute atomic E-state index is 11.8. The van der Waals surface area contributed by atoms with Crippen LogP contribution < -0.4 is 0 Å². The molecule has 0 spiro atoms. The Bertz CT molecular complexity index is 565. The number of halogens is 1. The van der Waals surface area contributed by atoms with Crippen LogP contribution in [0.2, 0.25) is 5.02 Å². The predicted octanol–water partition coefficient (Wildman–Crippen LogP) is 1.45. The van der Waals surface area contributed by atoms with E-state index in [9.17, 15) is 9.59 Å². The summed E-state index contributed by atoms with van der Waals surface area (Å²) in [6.07, 6.45) is -0.00469. The normalized spacial score (nSPS) is 22.5. The topological polar surface area (TPSA) is 77.7 Å². The SMILES string of the molecule is O=C(OCC1CO1)c1ccc(C(=O)OCC2CO2)c(Cl)c1. The molecule has 0 N–H and O–H groups in total. The van der Waals surface area contributed by atoms with Crippen LogP contribution in [0.1, 0.15) is 20.7 Å². The van der Waals surface area contributed by atoms with Gasteiger partial charge < -0.3 is 18.9 Å². The van der Waals surface area contributed by atoms with Crippen molar-refractivity contribution < 1.29 is 28.5 Å². The van der Waals surface area contributed by atoms with Crippen LogP contribution >= 0.6 is 11.6 Å². The molecule has 1 aromatic carbocycles. The Morgan fingerprint density at radius 3 is 2.19 bits per heavy atom. The molecule has 0 aromatic heterocycles. The van der Waals surface area contributed by atoms with Gasteiger partial charge in [-0.05, 0) is 18.2 Å². The first-order valence-corrected chi connectivity index (χ1v) is 6.88. The summed E-state index contributed by atoms with van der Waals surface area (Å²) in [5.41, 5.74) is 0.488. The quantitative estimate of drug-likeness (QED) is 0.584. The molecular weight excluding hydrogens is 300 g/mol. The second-order valence-electron chi connectivity index (χ2n) is 4.80. The molecule has 2 unspecified atom stereocenters. The van der Waals surface area contributed by atoms with Gasteiger partial charge in [-0.3, -0.25) is 0 Å². The first-order valence-electron chi connectivity index (χ1n) is 6.50. The highest BCUT2D eigenvalue weighted by atomic mass is 35.5. The van der Waals surface area contributed by atoms with Crippen molar-refractivity contribution >= 4 is 23.5 Å². The Labute approximate surface area is 125 Å². The van der Waals surface area contributed by atoms with Crippen LogP contribution in [-0.4, -0.2) is 50.6 Å². The fourth-order valence-electron chi connectivity index (χ4n) is 1.63. The monoisotopic (exact) mass is 312 g/mol. The molecule has 2 fully saturated rings. The highest BCUT2D eigenvalue weighted by molar-refractivity contribution is 6.33. The highest BCUT2D eigenvalue weighted by Gasteiger charge is 2.26. The molecule has 2 saturated heterocycles. The van der Waals surface area contributed by atoms with E-state index in [1.807, 2.05) is 0 Å². The van der Waals surface area contributed by atoms with E-state index in [-0.39, 0.29) is 41.6 Å². The number of hydrogen-bond donors (Lipinski definition) is 0. The predicted molar refractivity (Wildman–Crippen MR) is 71.5 cm³/mol. The summed E-state index contributed by atoms with van der Waals surface area (Å²) < 4.78 is 20.0. The first kappa shape index (κ1) is 14.3. The third-order valence-electron chi connectivity index (χ3n) is 3.03. The van der Waals surface area contributed by atoms with E-state index in [1.165, 1.54) is 18.2 Å². The third-order valence-corrected chi connectivity index (χ3v) is 3.34. The van der Waals surface area contributed by atoms with Gasteiger partial charge in [0.15, 0.2) is 0 Å². The van der Waals surface area contributed by atoms with Crippen molar-refractivity contribution in [3.8, 4) is 0 Å². The molecule has 21 heavy (non-hydrogen) atoms. The lowest BCUT2D eigenvalue weighted by Crippen LogP contribution is -2.12. The molecule has 2 aliphatic rings. The number of benzene rings is 1. The molecule has 3 rings (SSSR count). The molecule has 1 aromatic rings. The minimum atomic E-state index is -0.540. The number of epoxide rings is 2. The molecule has 6 nitrogen and oxygen atoms in total. The van der Waals surface area contributed by atoms with Gasteiger partial charge in [-0.1, -0.05) is 11.6 Å². The zero-order chi connectivity index (χ0) is 14.8. The van der Waals surface area contributed by atoms with Gasteiger partial charge >= 0.3 is 11.9 Å². The minimum Gasteiger partial charge on any atom is -0.459 e. The van der Waals surface area contributed by atoms with Gasteiger partial charge in [0.2, 0.25) is 0 Å². The van der Waals surface area contributed by atoms with Crippen molar-refractivity contribution in [3.63, 3.8) is 0 Å². The summed E-state index contributed by atoms with van der Waals surface area (Å²) in [6.45, 7) is 1.65. The Morgan fingerprint density at radius 2 is 1.67 bits per heavy atom. The summed E-state index contributed by atoms with van der Waals surface area (Å²) >= 11 is 6.01. The molecule has 0 aliphatic carbocycles. The summed E-state index contributed by atoms with van der Waals surface area (Å²) in [7, 11) is 0. The van der Waals surface area contributed by atoms with Crippen molar-refractivity contribution in [2.75, 3.05) is 26.4 Å². The zero-order valence-electron chi connectivity index (χ0n) is 11.0. The van der Waals surface area contributed by atoms with Crippen LogP contribution in [0.15, 0.2) is 18.2 Å². The van der Waals surface area contributed by atoms with E-state index >= 15 is 0 Å². The second kappa shape index (κ2) is 6.01. The van der Waals surface area contributed by atoms with Gasteiger partial charge in [-0.15, -0.1) is 0 Å². The van der Waals surface area contributed by atoms with Crippen molar-refractivity contribution in [2.24, 2.45) is 0 Å². The second-order valence-corrected chi connectivity index (χ2v) is 5.21. The van der Waals surface area contributed by atoms with Crippen LogP contribution in [-0.2, 0) is 18.9 Å². The lowest BCUT2D eigenvalue weighted by molar-refractivity contribution is 0.0463. The summed E-state index contributed by atoms with van der Waals surface area (Å²) in [5.74, 6) is -1.04. The molecular formula is C14H13ClO6. The van der Waals surface area contributed by atoms with Crippen LogP contribution in [0.4, 0.5) is 0 Å². The van der Waals surface area contributed by atoms with E-state index in [1.54, 1.807) is 0 Å². The van der Waals surface area contributed by atoms with Crippen LogP contribution in [0, 0.1) is 0 Å². The average Bonchev–Trinajstić information content (AvgIpc) is 3.36. The number of ether oxygens (including phenoxy) is 4. The van der Waals surface area contributed by atoms with E-state index < -0.39 is 11.9 Å². The third kappa shape index (κ3) is 3.93. The van der Waals surface area contributed by atoms with Gasteiger partial charge in [0, 0.05) is 0 Å². The van der Waals surface area contributed by atoms with Crippen molar-refractivity contribution in [1.82, 2.24) is 0 Å². The van der Waals surface area contributed by atoms with Gasteiger partial charge in [0.05, 0.1) is 29.4 Å². The van der Waals surface area contributed by atoms with Crippen LogP contribution in [0.3, 0.4) is 0 Å². The molecule has 2 heterocycles. The van der Waals surface area contributed by atoms with Crippen LogP contribution in [0.25, 0.3) is 0 Å². The molecule has 0 saturated carbocycles. The van der Waals surface area contributed by atoms with Gasteiger partial charge in [-0.25, -0.2) is 9.59 Å². The van der Waals surface area contributed by atoms with Gasteiger partial charge in [0.25, 0.3) is 0 Å². The Kier molecular flexibility index (Phi) is 4.10. The maximum Gasteiger partial charge on any atom is 0.339 e. The molecule has 7 heteroatoms. The maximum atomic E-state index is 11.8. The van der Waals surface area contributed by atoms with E-state index in [4.69, 9.17) is 30.5 Å². The molecule has 0 radical (unpaired) electrons. The van der Waals surface area contributed by atoms with Crippen molar-refractivity contribution in [1.29, 1.82) is 0 Å². The number of rotatable bonds is 6. The van der Waals surface area contributed by atoms with Crippen molar-refractivity contribution in [3.05, 3.63) is 34.3 Å². The number of carbonyl (C=O) groups excluding carboxylic acids is 2. The van der Waals surface area contributed by atoms with E-state index in [2.05, 4.69) is 0 Å². The Morgan fingerprint density at radius 1 is 1.10 bits per heavy atom. The molecule has 112 valence electrons. The fraction of sp³-hybridized carbons (Fsp3) is 0.429. The summed E-state index contributed by atoms with van der Waals surface area (Å²) in [4.78, 5) is 23.6. The molecule has 0 bridgehead atoms. The molecule has 2 atom stereocenters. The van der Waals surface area contributed by atoms with Crippen molar-refractivity contribution in [2.45, 2.75) is 12.2 Å². The number of esters is 2. The average molecular weight is 313 g/mol. The lowest BCUT2D eigenvalue weighted by atomic mass is 10.1. The highest BCUT2D eigenvalue weighted by Crippen LogP contribution is 2.21. The zero-order valence-corrected chi connectivity index (χ0v) is 11.8. The van der Waals surface area contributed by atoms with E-state index in [0.29, 0.717) is 13.2 Å².